The van der Waals surface area contributed by atoms with Gasteiger partial charge in [-0.3, -0.25) is 0 Å². The lowest BCUT2D eigenvalue weighted by Gasteiger charge is -2.12. The Kier molecular flexibility index (Phi) is 16.5. The molecule has 0 amide bonds. The highest BCUT2D eigenvalue weighted by Gasteiger charge is 2.18. The fourth-order valence-electron chi connectivity index (χ4n) is 3.66. The molecular formula is C31H27B2Br2Cl3F3O6-. The predicted octanol–water partition coefficient (Wildman–Crippen LogP) is 7.98. The van der Waals surface area contributed by atoms with Crippen molar-refractivity contribution in [2.24, 2.45) is 0 Å². The van der Waals surface area contributed by atoms with Gasteiger partial charge in [-0.1, -0.05) is 56.7 Å². The van der Waals surface area contributed by atoms with Gasteiger partial charge < -0.3 is 30.5 Å². The first-order valence-corrected chi connectivity index (χ1v) is 15.0. The second-order valence-corrected chi connectivity index (χ2v) is 11.9. The van der Waals surface area contributed by atoms with Gasteiger partial charge >= 0.3 is 7.12 Å². The molecule has 16 heteroatoms. The van der Waals surface area contributed by atoms with Crippen molar-refractivity contribution in [3.8, 4) is 45.3 Å². The summed E-state index contributed by atoms with van der Waals surface area (Å²) in [6, 6.07) is 16.7. The van der Waals surface area contributed by atoms with Gasteiger partial charge in [0.1, 0.15) is 40.4 Å². The zero-order chi connectivity index (χ0) is 33.6. The van der Waals surface area contributed by atoms with Crippen LogP contribution in [0.3, 0.4) is 0 Å². The van der Waals surface area contributed by atoms with E-state index in [1.54, 1.807) is 0 Å². The lowest BCUT2D eigenvalue weighted by molar-refractivity contribution is 0.423. The summed E-state index contributed by atoms with van der Waals surface area (Å²) in [5, 5.41) is 56.3. The smallest absolute Gasteiger partial charge is 0.491 e. The fraction of sp³-hybridized carbons (Fsp3) is 0.0323. The Labute approximate surface area is 302 Å². The van der Waals surface area contributed by atoms with E-state index < -0.39 is 24.6 Å². The maximum Gasteiger partial charge on any atom is 0.491 e. The van der Waals surface area contributed by atoms with E-state index in [9.17, 15) is 23.4 Å². The number of rotatable bonds is 3. The Morgan fingerprint density at radius 2 is 0.830 bits per heavy atom. The SMILES string of the molecule is C.OB(O)c1ccc(Cl)cc1F.Oc1cc(-c2ccc(Cl)cc2F)c(O)cc1-c1ccc(Cl)cc1F.Oc1cc(Br)c(O)cc1Br.[BH4-]. The highest BCUT2D eigenvalue weighted by Crippen LogP contribution is 2.42. The minimum absolute atomic E-state index is 0. The number of aromatic hydroxyl groups is 4. The van der Waals surface area contributed by atoms with Crippen LogP contribution in [-0.2, 0) is 0 Å². The first-order valence-electron chi connectivity index (χ1n) is 12.2. The Bertz CT molecular complexity index is 1730. The van der Waals surface area contributed by atoms with Gasteiger partial charge in [-0.25, -0.2) is 13.2 Å². The van der Waals surface area contributed by atoms with Gasteiger partial charge in [0.25, 0.3) is 0 Å². The summed E-state index contributed by atoms with van der Waals surface area (Å²) in [7, 11) is -1.78. The van der Waals surface area contributed by atoms with Gasteiger partial charge in [0.05, 0.1) is 8.95 Å². The van der Waals surface area contributed by atoms with E-state index in [0.717, 1.165) is 18.2 Å². The molecule has 0 aliphatic rings. The largest absolute Gasteiger partial charge is 0.507 e. The maximum absolute atomic E-state index is 14.0. The molecule has 250 valence electrons. The zero-order valence-electron chi connectivity index (χ0n) is 22.3. The molecule has 0 radical (unpaired) electrons. The van der Waals surface area contributed by atoms with Gasteiger partial charge in [-0.2, -0.15) is 0 Å². The molecule has 0 atom stereocenters. The minimum Gasteiger partial charge on any atom is -0.507 e. The molecule has 47 heavy (non-hydrogen) atoms. The highest BCUT2D eigenvalue weighted by atomic mass is 79.9. The van der Waals surface area contributed by atoms with E-state index >= 15 is 0 Å². The fourth-order valence-corrected chi connectivity index (χ4v) is 4.80. The van der Waals surface area contributed by atoms with E-state index in [4.69, 9.17) is 55.1 Å². The summed E-state index contributed by atoms with van der Waals surface area (Å²) < 4.78 is 41.7. The molecule has 6 nitrogen and oxygen atoms in total. The molecule has 0 bridgehead atoms. The lowest BCUT2D eigenvalue weighted by atomic mass is 9.80. The van der Waals surface area contributed by atoms with E-state index in [1.807, 2.05) is 0 Å². The number of hydrogen-bond acceptors (Lipinski definition) is 6. The van der Waals surface area contributed by atoms with Gasteiger partial charge in [0.2, 0.25) is 0 Å². The van der Waals surface area contributed by atoms with Crippen LogP contribution in [0.25, 0.3) is 22.3 Å². The van der Waals surface area contributed by atoms with Crippen molar-refractivity contribution in [1.82, 2.24) is 0 Å². The van der Waals surface area contributed by atoms with Crippen LogP contribution in [0, 0.1) is 17.5 Å². The summed E-state index contributed by atoms with van der Waals surface area (Å²) in [6.07, 6.45) is 0. The molecule has 0 aromatic heterocycles. The van der Waals surface area contributed by atoms with Crippen LogP contribution in [0.4, 0.5) is 13.2 Å². The van der Waals surface area contributed by atoms with Crippen LogP contribution in [-0.4, -0.2) is 46.0 Å². The van der Waals surface area contributed by atoms with Crippen molar-refractivity contribution in [3.63, 3.8) is 0 Å². The molecule has 0 unspecified atom stereocenters. The first kappa shape index (κ1) is 42.0. The highest BCUT2D eigenvalue weighted by molar-refractivity contribution is 9.11. The van der Waals surface area contributed by atoms with Crippen LogP contribution < -0.4 is 5.46 Å². The van der Waals surface area contributed by atoms with Crippen molar-refractivity contribution in [1.29, 1.82) is 0 Å². The second kappa shape index (κ2) is 18.5. The third kappa shape index (κ3) is 11.3. The van der Waals surface area contributed by atoms with Crippen LogP contribution in [0.5, 0.6) is 23.0 Å². The van der Waals surface area contributed by atoms with E-state index in [-0.39, 0.29) is 81.6 Å². The van der Waals surface area contributed by atoms with Crippen molar-refractivity contribution in [2.75, 3.05) is 0 Å². The molecule has 0 spiro atoms. The first-order chi connectivity index (χ1) is 21.1. The molecule has 0 fully saturated rings. The van der Waals surface area contributed by atoms with Gasteiger partial charge in [-0.15, -0.1) is 0 Å². The normalized spacial score (nSPS) is 9.91. The van der Waals surface area contributed by atoms with Gasteiger partial charge in [0.15, 0.2) is 0 Å². The third-order valence-corrected chi connectivity index (χ3v) is 7.79. The van der Waals surface area contributed by atoms with Gasteiger partial charge in [-0.05, 0) is 105 Å². The molecule has 0 aliphatic heterocycles. The molecule has 5 aromatic carbocycles. The minimum atomic E-state index is -1.78. The second-order valence-electron chi connectivity index (χ2n) is 8.93. The monoisotopic (exact) mass is 837 g/mol. The standard InChI is InChI=1S/C18H10Cl2F2O2.C6H5BClFO2.C6H4Br2O2.CH4.BH4/c19-9-1-3-11(15(21)5-9)13-7-18(24)14(8-17(13)23)12-4-2-10(20)6-16(12)22;8-4-1-2-5(7(10)11)6(9)3-4;7-3-1-5(9)4(8)2-6(3)10;;/h1-8,23-24H;1-3,10-11H;1-2,9-10H;2*1H4/q;;;;-1. The van der Waals surface area contributed by atoms with Crippen molar-refractivity contribution < 1.29 is 43.6 Å². The third-order valence-electron chi connectivity index (χ3n) is 5.81. The Morgan fingerprint density at radius 3 is 1.15 bits per heavy atom. The van der Waals surface area contributed by atoms with E-state index in [1.165, 1.54) is 60.7 Å². The number of hydrogen-bond donors (Lipinski definition) is 6. The Morgan fingerprint density at radius 1 is 0.489 bits per heavy atom. The van der Waals surface area contributed by atoms with Crippen LogP contribution >= 0.6 is 66.7 Å². The summed E-state index contributed by atoms with van der Waals surface area (Å²) in [5.74, 6) is -2.43. The lowest BCUT2D eigenvalue weighted by Crippen LogP contribution is -2.32. The topological polar surface area (TPSA) is 121 Å². The quantitative estimate of drug-likeness (QED) is 0.0810. The molecular weight excluding hydrogens is 813 g/mol. The summed E-state index contributed by atoms with van der Waals surface area (Å²) >= 11 is 22.9. The van der Waals surface area contributed by atoms with E-state index in [2.05, 4.69) is 31.9 Å². The Balaban J connectivity index is 0.000000401. The Hall–Kier alpha value is -3.03. The molecule has 5 rings (SSSR count). The molecule has 5 aromatic rings. The van der Waals surface area contributed by atoms with Crippen molar-refractivity contribution >= 4 is 87.7 Å². The number of halogens is 8. The molecule has 0 heterocycles. The molecule has 6 N–H and O–H groups in total. The molecule has 0 aliphatic carbocycles. The zero-order valence-corrected chi connectivity index (χ0v) is 27.7. The average Bonchev–Trinajstić information content (AvgIpc) is 2.94. The molecule has 0 saturated carbocycles. The van der Waals surface area contributed by atoms with Crippen LogP contribution in [0.15, 0.2) is 87.8 Å². The number of phenols is 4. The van der Waals surface area contributed by atoms with Crippen molar-refractivity contribution in [2.45, 2.75) is 7.43 Å². The van der Waals surface area contributed by atoms with Crippen LogP contribution in [0.2, 0.25) is 15.1 Å². The number of phenolic OH excluding ortho intramolecular Hbond substituents is 4. The van der Waals surface area contributed by atoms with Gasteiger partial charge in [0, 0.05) is 42.8 Å². The summed E-state index contributed by atoms with van der Waals surface area (Å²) in [6.45, 7) is 0. The summed E-state index contributed by atoms with van der Waals surface area (Å²) in [5.41, 5.74) is 0.0969. The summed E-state index contributed by atoms with van der Waals surface area (Å²) in [4.78, 5) is 0. The number of benzene rings is 5. The average molecular weight is 840 g/mol. The van der Waals surface area contributed by atoms with Crippen molar-refractivity contribution in [3.05, 3.63) is 120 Å². The van der Waals surface area contributed by atoms with Crippen LogP contribution in [0.1, 0.15) is 7.43 Å². The van der Waals surface area contributed by atoms with E-state index in [0.29, 0.717) is 8.95 Å². The molecule has 0 saturated heterocycles. The predicted molar refractivity (Wildman–Crippen MR) is 195 cm³/mol. The maximum atomic E-state index is 14.0.